The minimum absolute atomic E-state index is 0.143. The Kier molecular flexibility index (Phi) is 3.82. The van der Waals surface area contributed by atoms with Gasteiger partial charge in [0.05, 0.1) is 18.2 Å². The minimum atomic E-state index is -0.238. The van der Waals surface area contributed by atoms with Crippen molar-refractivity contribution in [1.29, 1.82) is 0 Å². The lowest BCUT2D eigenvalue weighted by Crippen LogP contribution is -2.34. The minimum Gasteiger partial charge on any atom is -0.322 e. The van der Waals surface area contributed by atoms with Crippen LogP contribution in [0, 0.1) is 0 Å². The molecule has 1 unspecified atom stereocenters. The quantitative estimate of drug-likeness (QED) is 0.917. The number of carbonyl (C=O) groups excluding carboxylic acids is 1. The summed E-state index contributed by atoms with van der Waals surface area (Å²) in [4.78, 5) is 19.4. The smallest absolute Gasteiger partial charge is 0.255 e. The van der Waals surface area contributed by atoms with E-state index in [1.165, 1.54) is 5.56 Å². The second kappa shape index (κ2) is 6.05. The lowest BCUT2D eigenvalue weighted by molar-refractivity contribution is -0.113. The first-order chi connectivity index (χ1) is 12.5. The molecule has 0 fully saturated rings. The number of nitrogens with zero attached hydrogens (tertiary/aromatic N) is 6. The van der Waals surface area contributed by atoms with Crippen molar-refractivity contribution in [2.75, 3.05) is 17.3 Å². The summed E-state index contributed by atoms with van der Waals surface area (Å²) in [6.07, 6.45) is 0.887. The summed E-state index contributed by atoms with van der Waals surface area (Å²) in [5.74, 6) is 0.490. The van der Waals surface area contributed by atoms with Gasteiger partial charge in [0.1, 0.15) is 0 Å². The molecule has 0 spiro atoms. The molecule has 2 aromatic rings. The molecule has 0 aliphatic carbocycles. The van der Waals surface area contributed by atoms with Crippen LogP contribution in [0.1, 0.15) is 44.4 Å². The molecule has 0 saturated carbocycles. The number of allylic oxidation sites excluding steroid dienone is 1. The van der Waals surface area contributed by atoms with Crippen LogP contribution in [-0.4, -0.2) is 38.9 Å². The summed E-state index contributed by atoms with van der Waals surface area (Å²) in [7, 11) is 1.86. The Balaban J connectivity index is 1.63. The van der Waals surface area contributed by atoms with Crippen LogP contribution in [-0.2, 0) is 11.3 Å². The Hall–Kier alpha value is -3.03. The molecule has 1 atom stereocenters. The van der Waals surface area contributed by atoms with E-state index in [0.29, 0.717) is 11.5 Å². The third kappa shape index (κ3) is 2.40. The van der Waals surface area contributed by atoms with E-state index >= 15 is 0 Å². The maximum atomic E-state index is 13.0. The maximum absolute atomic E-state index is 13.0. The van der Waals surface area contributed by atoms with Crippen molar-refractivity contribution in [3.05, 3.63) is 40.6 Å². The molecule has 1 aromatic heterocycles. The van der Waals surface area contributed by atoms with Gasteiger partial charge in [-0.15, -0.1) is 0 Å². The Labute approximate surface area is 151 Å². The van der Waals surface area contributed by atoms with E-state index in [0.717, 1.165) is 35.6 Å². The van der Waals surface area contributed by atoms with Gasteiger partial charge in [-0.3, -0.25) is 9.79 Å². The van der Waals surface area contributed by atoms with Crippen molar-refractivity contribution < 1.29 is 4.79 Å². The van der Waals surface area contributed by atoms with Crippen molar-refractivity contribution in [3.8, 4) is 0 Å². The average molecular weight is 351 g/mol. The SMILES string of the molecule is CCC1=NCc2ccc(NC(=O)C3=C(C)N(C)c4nnnn4C3C)cc21. The molecule has 4 rings (SSSR count). The van der Waals surface area contributed by atoms with Gasteiger partial charge in [-0.1, -0.05) is 18.1 Å². The number of hydrogen-bond donors (Lipinski definition) is 1. The number of aliphatic imine (C=N–C) groups is 1. The van der Waals surface area contributed by atoms with Crippen LogP contribution in [0.25, 0.3) is 0 Å². The van der Waals surface area contributed by atoms with Crippen LogP contribution in [0.5, 0.6) is 0 Å². The van der Waals surface area contributed by atoms with Crippen molar-refractivity contribution in [2.24, 2.45) is 4.99 Å². The van der Waals surface area contributed by atoms with Gasteiger partial charge in [-0.2, -0.15) is 0 Å². The molecule has 26 heavy (non-hydrogen) atoms. The summed E-state index contributed by atoms with van der Waals surface area (Å²) in [5, 5.41) is 14.8. The molecule has 3 heterocycles. The standard InChI is InChI=1S/C18H21N7O/c1-5-15-14-8-13(7-6-12(14)9-19-15)20-17(26)16-10(2)24(4)18-21-22-23-25(18)11(16)3/h6-8,11H,5,9H2,1-4H3,(H,20,26). The van der Waals surface area contributed by atoms with E-state index < -0.39 is 0 Å². The second-order valence-corrected chi connectivity index (χ2v) is 6.60. The summed E-state index contributed by atoms with van der Waals surface area (Å²) in [5.41, 5.74) is 5.70. The van der Waals surface area contributed by atoms with E-state index in [1.54, 1.807) is 4.68 Å². The summed E-state index contributed by atoms with van der Waals surface area (Å²) in [6, 6.07) is 5.74. The van der Waals surface area contributed by atoms with Gasteiger partial charge in [-0.05, 0) is 48.4 Å². The fourth-order valence-corrected chi connectivity index (χ4v) is 3.60. The Morgan fingerprint density at radius 1 is 1.38 bits per heavy atom. The fraction of sp³-hybridized carbons (Fsp3) is 0.389. The van der Waals surface area contributed by atoms with Crippen LogP contribution in [0.3, 0.4) is 0 Å². The highest BCUT2D eigenvalue weighted by Gasteiger charge is 2.32. The Morgan fingerprint density at radius 3 is 2.96 bits per heavy atom. The molecule has 1 N–H and O–H groups in total. The molecule has 0 radical (unpaired) electrons. The van der Waals surface area contributed by atoms with E-state index in [9.17, 15) is 4.79 Å². The molecule has 8 heteroatoms. The first-order valence-electron chi connectivity index (χ1n) is 8.71. The molecule has 0 saturated heterocycles. The number of carbonyl (C=O) groups is 1. The molecule has 8 nitrogen and oxygen atoms in total. The zero-order valence-electron chi connectivity index (χ0n) is 15.3. The van der Waals surface area contributed by atoms with Crippen LogP contribution in [0.2, 0.25) is 0 Å². The highest BCUT2D eigenvalue weighted by Crippen LogP contribution is 2.33. The van der Waals surface area contributed by atoms with E-state index in [2.05, 4.69) is 32.8 Å². The molecule has 0 bridgehead atoms. The van der Waals surface area contributed by atoms with Crippen LogP contribution in [0.15, 0.2) is 34.5 Å². The van der Waals surface area contributed by atoms with E-state index in [4.69, 9.17) is 0 Å². The highest BCUT2D eigenvalue weighted by atomic mass is 16.1. The van der Waals surface area contributed by atoms with Crippen molar-refractivity contribution >= 4 is 23.3 Å². The molecule has 134 valence electrons. The Bertz CT molecular complexity index is 956. The number of benzene rings is 1. The van der Waals surface area contributed by atoms with Gasteiger partial charge >= 0.3 is 0 Å². The van der Waals surface area contributed by atoms with E-state index in [1.807, 2.05) is 44.0 Å². The lowest BCUT2D eigenvalue weighted by atomic mass is 10.0. The first kappa shape index (κ1) is 16.4. The Morgan fingerprint density at radius 2 is 2.19 bits per heavy atom. The molecular formula is C18H21N7O. The molecule has 1 aromatic carbocycles. The van der Waals surface area contributed by atoms with Gasteiger partial charge in [0.25, 0.3) is 5.91 Å². The van der Waals surface area contributed by atoms with Crippen molar-refractivity contribution in [3.63, 3.8) is 0 Å². The van der Waals surface area contributed by atoms with Gasteiger partial charge in [0, 0.05) is 29.7 Å². The zero-order chi connectivity index (χ0) is 18.4. The van der Waals surface area contributed by atoms with Crippen LogP contribution >= 0.6 is 0 Å². The van der Waals surface area contributed by atoms with Crippen molar-refractivity contribution in [1.82, 2.24) is 20.2 Å². The second-order valence-electron chi connectivity index (χ2n) is 6.60. The fourth-order valence-electron chi connectivity index (χ4n) is 3.60. The summed E-state index contributed by atoms with van der Waals surface area (Å²) >= 11 is 0. The zero-order valence-corrected chi connectivity index (χ0v) is 15.3. The molecule has 2 aliphatic heterocycles. The number of nitrogens with one attached hydrogen (secondary N) is 1. The third-order valence-corrected chi connectivity index (χ3v) is 5.15. The largest absolute Gasteiger partial charge is 0.322 e. The number of hydrogen-bond acceptors (Lipinski definition) is 6. The van der Waals surface area contributed by atoms with Crippen LogP contribution in [0.4, 0.5) is 11.6 Å². The van der Waals surface area contributed by atoms with Crippen LogP contribution < -0.4 is 10.2 Å². The normalized spacial score (nSPS) is 18.5. The number of tetrazole rings is 1. The predicted molar refractivity (Wildman–Crippen MR) is 99.2 cm³/mol. The van der Waals surface area contributed by atoms with Gasteiger partial charge in [0.2, 0.25) is 5.95 Å². The molecule has 1 amide bonds. The summed E-state index contributed by atoms with van der Waals surface area (Å²) < 4.78 is 1.66. The van der Waals surface area contributed by atoms with Gasteiger partial charge < -0.3 is 10.2 Å². The third-order valence-electron chi connectivity index (χ3n) is 5.15. The summed E-state index contributed by atoms with van der Waals surface area (Å²) in [6.45, 7) is 6.65. The number of fused-ring (bicyclic) bond motifs is 2. The average Bonchev–Trinajstić information content (AvgIpc) is 3.26. The van der Waals surface area contributed by atoms with Gasteiger partial charge in [-0.25, -0.2) is 4.68 Å². The number of anilines is 2. The van der Waals surface area contributed by atoms with Gasteiger partial charge in [0.15, 0.2) is 0 Å². The monoisotopic (exact) mass is 351 g/mol. The number of aromatic nitrogens is 4. The number of rotatable bonds is 3. The maximum Gasteiger partial charge on any atom is 0.255 e. The first-order valence-corrected chi connectivity index (χ1v) is 8.71. The lowest BCUT2D eigenvalue weighted by Gasteiger charge is -2.30. The van der Waals surface area contributed by atoms with E-state index in [-0.39, 0.29) is 11.9 Å². The van der Waals surface area contributed by atoms with Crippen molar-refractivity contribution in [2.45, 2.75) is 39.8 Å². The molecular weight excluding hydrogens is 330 g/mol. The molecule has 2 aliphatic rings. The number of amides is 1. The highest BCUT2D eigenvalue weighted by molar-refractivity contribution is 6.08. The predicted octanol–water partition coefficient (Wildman–Crippen LogP) is 2.31. The topological polar surface area (TPSA) is 88.3 Å².